The highest BCUT2D eigenvalue weighted by Gasteiger charge is 2.26. The number of aliphatic imine (C=N–C) groups is 1. The molecule has 0 saturated heterocycles. The quantitative estimate of drug-likeness (QED) is 0.212. The highest BCUT2D eigenvalue weighted by molar-refractivity contribution is 14.0. The summed E-state index contributed by atoms with van der Waals surface area (Å²) in [6.07, 6.45) is 9.91. The highest BCUT2D eigenvalue weighted by Crippen LogP contribution is 2.24. The number of carbonyl (C=O) groups excluding carboxylic acids is 1. The van der Waals surface area contributed by atoms with Crippen LogP contribution in [-0.2, 0) is 15.6 Å². The van der Waals surface area contributed by atoms with Crippen molar-refractivity contribution >= 4 is 46.6 Å². The number of carbonyl (C=O) groups is 1. The molecule has 0 bridgehead atoms. The molecule has 6 nitrogen and oxygen atoms in total. The van der Waals surface area contributed by atoms with Crippen molar-refractivity contribution in [1.29, 1.82) is 0 Å². The second kappa shape index (κ2) is 13.7. The van der Waals surface area contributed by atoms with Crippen molar-refractivity contribution in [3.05, 3.63) is 0 Å². The SMILES string of the molecule is CCS(=O)C1CCCC(NC(=NC)NCCNC(=O)C2CCCCC2)C1.I. The van der Waals surface area contributed by atoms with E-state index in [0.29, 0.717) is 24.4 Å². The van der Waals surface area contributed by atoms with Crippen LogP contribution in [0.3, 0.4) is 0 Å². The van der Waals surface area contributed by atoms with Gasteiger partial charge in [-0.05, 0) is 32.1 Å². The Labute approximate surface area is 184 Å². The summed E-state index contributed by atoms with van der Waals surface area (Å²) in [5, 5.41) is 10.1. The molecule has 0 aromatic heterocycles. The Hall–Kier alpha value is -0.380. The van der Waals surface area contributed by atoms with Gasteiger partial charge in [-0.3, -0.25) is 14.0 Å². The summed E-state index contributed by atoms with van der Waals surface area (Å²) in [5.41, 5.74) is 0. The van der Waals surface area contributed by atoms with Crippen LogP contribution in [0.1, 0.15) is 64.7 Å². The van der Waals surface area contributed by atoms with Crippen LogP contribution in [0.5, 0.6) is 0 Å². The monoisotopic (exact) mass is 512 g/mol. The second-order valence-corrected chi connectivity index (χ2v) is 9.43. The normalized spacial score (nSPS) is 25.2. The molecule has 2 saturated carbocycles. The molecule has 0 aliphatic heterocycles. The molecule has 3 unspecified atom stereocenters. The fraction of sp³-hybridized carbons (Fsp3) is 0.895. The highest BCUT2D eigenvalue weighted by atomic mass is 127. The maximum atomic E-state index is 12.1. The molecule has 158 valence electrons. The third kappa shape index (κ3) is 8.66. The van der Waals surface area contributed by atoms with Crippen molar-refractivity contribution in [3.63, 3.8) is 0 Å². The lowest BCUT2D eigenvalue weighted by Crippen LogP contribution is -2.48. The Balaban J connectivity index is 0.00000364. The van der Waals surface area contributed by atoms with Gasteiger partial charge in [-0.2, -0.15) is 0 Å². The number of amides is 1. The van der Waals surface area contributed by atoms with Gasteiger partial charge >= 0.3 is 0 Å². The Morgan fingerprint density at radius 2 is 1.74 bits per heavy atom. The van der Waals surface area contributed by atoms with Gasteiger partial charge in [-0.25, -0.2) is 0 Å². The lowest BCUT2D eigenvalue weighted by Gasteiger charge is -2.30. The maximum Gasteiger partial charge on any atom is 0.223 e. The summed E-state index contributed by atoms with van der Waals surface area (Å²) < 4.78 is 12.1. The number of guanidine groups is 1. The summed E-state index contributed by atoms with van der Waals surface area (Å²) in [4.78, 5) is 16.4. The third-order valence-electron chi connectivity index (χ3n) is 5.54. The molecule has 0 aromatic carbocycles. The number of halogens is 1. The predicted octanol–water partition coefficient (Wildman–Crippen LogP) is 2.55. The number of hydrogen-bond donors (Lipinski definition) is 3. The lowest BCUT2D eigenvalue weighted by atomic mass is 9.89. The van der Waals surface area contributed by atoms with Crippen LogP contribution in [-0.4, -0.2) is 53.3 Å². The Kier molecular flexibility index (Phi) is 12.5. The van der Waals surface area contributed by atoms with Crippen molar-refractivity contribution in [1.82, 2.24) is 16.0 Å². The fourth-order valence-electron chi connectivity index (χ4n) is 4.01. The molecule has 2 aliphatic rings. The first-order valence-electron chi connectivity index (χ1n) is 10.3. The van der Waals surface area contributed by atoms with Crippen LogP contribution < -0.4 is 16.0 Å². The third-order valence-corrected chi connectivity index (χ3v) is 7.28. The van der Waals surface area contributed by atoms with Crippen LogP contribution in [0, 0.1) is 5.92 Å². The summed E-state index contributed by atoms with van der Waals surface area (Å²) in [5.74, 6) is 1.92. The van der Waals surface area contributed by atoms with Crippen molar-refractivity contribution < 1.29 is 9.00 Å². The smallest absolute Gasteiger partial charge is 0.223 e. The zero-order chi connectivity index (χ0) is 18.8. The van der Waals surface area contributed by atoms with Crippen molar-refractivity contribution in [2.45, 2.75) is 76.0 Å². The lowest BCUT2D eigenvalue weighted by molar-refractivity contribution is -0.125. The van der Waals surface area contributed by atoms with E-state index < -0.39 is 10.8 Å². The van der Waals surface area contributed by atoms with Gasteiger partial charge in [0, 0.05) is 53.9 Å². The molecular weight excluding hydrogens is 475 g/mol. The summed E-state index contributed by atoms with van der Waals surface area (Å²) in [6.45, 7) is 3.27. The number of rotatable bonds is 7. The van der Waals surface area contributed by atoms with E-state index in [-0.39, 0.29) is 35.8 Å². The average Bonchev–Trinajstić information content (AvgIpc) is 2.70. The minimum Gasteiger partial charge on any atom is -0.355 e. The van der Waals surface area contributed by atoms with Crippen LogP contribution in [0.4, 0.5) is 0 Å². The Morgan fingerprint density at radius 1 is 1.04 bits per heavy atom. The van der Waals surface area contributed by atoms with Gasteiger partial charge in [-0.1, -0.05) is 32.6 Å². The van der Waals surface area contributed by atoms with Crippen molar-refractivity contribution in [2.24, 2.45) is 10.9 Å². The van der Waals surface area contributed by atoms with E-state index in [4.69, 9.17) is 0 Å². The average molecular weight is 513 g/mol. The van der Waals surface area contributed by atoms with E-state index in [0.717, 1.165) is 50.2 Å². The fourth-order valence-corrected chi connectivity index (χ4v) is 5.36. The van der Waals surface area contributed by atoms with Crippen molar-refractivity contribution in [3.8, 4) is 0 Å². The molecule has 2 fully saturated rings. The molecule has 0 radical (unpaired) electrons. The molecule has 2 rings (SSSR count). The van der Waals surface area contributed by atoms with Crippen molar-refractivity contribution in [2.75, 3.05) is 25.9 Å². The first-order chi connectivity index (χ1) is 12.6. The number of nitrogens with zero attached hydrogens (tertiary/aromatic N) is 1. The zero-order valence-corrected chi connectivity index (χ0v) is 19.9. The Morgan fingerprint density at radius 3 is 2.41 bits per heavy atom. The van der Waals surface area contributed by atoms with Gasteiger partial charge in [0.25, 0.3) is 0 Å². The van der Waals surface area contributed by atoms with Crippen LogP contribution >= 0.6 is 24.0 Å². The number of nitrogens with one attached hydrogen (secondary N) is 3. The number of hydrogen-bond acceptors (Lipinski definition) is 3. The molecule has 3 N–H and O–H groups in total. The van der Waals surface area contributed by atoms with E-state index >= 15 is 0 Å². The largest absolute Gasteiger partial charge is 0.355 e. The minimum absolute atomic E-state index is 0. The van der Waals surface area contributed by atoms with Crippen LogP contribution in [0.25, 0.3) is 0 Å². The molecular formula is C19H37IN4O2S. The van der Waals surface area contributed by atoms with E-state index in [2.05, 4.69) is 20.9 Å². The molecule has 27 heavy (non-hydrogen) atoms. The summed E-state index contributed by atoms with van der Waals surface area (Å²) in [7, 11) is 1.05. The first-order valence-corrected chi connectivity index (χ1v) is 11.6. The van der Waals surface area contributed by atoms with Crippen LogP contribution in [0.2, 0.25) is 0 Å². The van der Waals surface area contributed by atoms with Gasteiger partial charge in [0.1, 0.15) is 0 Å². The molecule has 0 heterocycles. The van der Waals surface area contributed by atoms with E-state index in [1.165, 1.54) is 19.3 Å². The maximum absolute atomic E-state index is 12.1. The standard InChI is InChI=1S/C19H36N4O2S.HI/c1-3-26(25)17-11-7-10-16(14-17)23-19(20-2)22-13-12-21-18(24)15-8-5-4-6-9-15;/h15-17H,3-14H2,1-2H3,(H,21,24)(H2,20,22,23);1H. The molecule has 2 aliphatic carbocycles. The van der Waals surface area contributed by atoms with Crippen LogP contribution in [0.15, 0.2) is 4.99 Å². The second-order valence-electron chi connectivity index (χ2n) is 7.42. The molecule has 0 aromatic rings. The molecule has 8 heteroatoms. The minimum atomic E-state index is -0.713. The topological polar surface area (TPSA) is 82.6 Å². The van der Waals surface area contributed by atoms with Gasteiger partial charge in [-0.15, -0.1) is 24.0 Å². The van der Waals surface area contributed by atoms with E-state index in [1.807, 2.05) is 6.92 Å². The van der Waals surface area contributed by atoms with Gasteiger partial charge < -0.3 is 16.0 Å². The first kappa shape index (κ1) is 24.7. The van der Waals surface area contributed by atoms with Gasteiger partial charge in [0.2, 0.25) is 5.91 Å². The molecule has 1 amide bonds. The predicted molar refractivity (Wildman–Crippen MR) is 124 cm³/mol. The zero-order valence-electron chi connectivity index (χ0n) is 16.8. The molecule has 3 atom stereocenters. The van der Waals surface area contributed by atoms with Gasteiger partial charge in [0.05, 0.1) is 0 Å². The Bertz CT molecular complexity index is 498. The van der Waals surface area contributed by atoms with Gasteiger partial charge in [0.15, 0.2) is 5.96 Å². The summed E-state index contributed by atoms with van der Waals surface area (Å²) >= 11 is 0. The van der Waals surface area contributed by atoms with E-state index in [1.54, 1.807) is 7.05 Å². The summed E-state index contributed by atoms with van der Waals surface area (Å²) in [6, 6.07) is 0.326. The molecule has 0 spiro atoms. The van der Waals surface area contributed by atoms with E-state index in [9.17, 15) is 9.00 Å².